The molecule has 4 rings (SSSR count). The number of aryl methyl sites for hydroxylation is 1. The molecular weight excluding hydrogens is 382 g/mol. The molecule has 0 saturated heterocycles. The smallest absolute Gasteiger partial charge is 0.310 e. The number of fused-ring (bicyclic) bond motifs is 1. The molecule has 0 bridgehead atoms. The highest BCUT2D eigenvalue weighted by molar-refractivity contribution is 5.94. The normalized spacial score (nSPS) is 10.9. The number of carbonyl (C=O) groups is 2. The first-order chi connectivity index (χ1) is 14.5. The van der Waals surface area contributed by atoms with Crippen molar-refractivity contribution >= 4 is 28.5 Å². The molecule has 0 aliphatic rings. The second-order valence-electron chi connectivity index (χ2n) is 6.94. The van der Waals surface area contributed by atoms with Crippen LogP contribution in [0.25, 0.3) is 16.7 Å². The van der Waals surface area contributed by atoms with Gasteiger partial charge in [0.2, 0.25) is 0 Å². The highest BCUT2D eigenvalue weighted by Crippen LogP contribution is 2.23. The molecule has 0 saturated carbocycles. The molecular formula is C23H21N3O4. The SMILES string of the molecule is Cc1nn(-c2ccccc2)c(C)c1NC(=O)COC(=O)Cc1coc2ccccc12. The molecule has 30 heavy (non-hydrogen) atoms. The second kappa shape index (κ2) is 8.24. The Balaban J connectivity index is 1.37. The highest BCUT2D eigenvalue weighted by Gasteiger charge is 2.17. The summed E-state index contributed by atoms with van der Waals surface area (Å²) < 4.78 is 12.3. The predicted octanol–water partition coefficient (Wildman–Crippen LogP) is 3.96. The van der Waals surface area contributed by atoms with Crippen molar-refractivity contribution in [1.82, 2.24) is 9.78 Å². The van der Waals surface area contributed by atoms with Crippen LogP contribution in [0.5, 0.6) is 0 Å². The number of amides is 1. The number of benzene rings is 2. The first-order valence-electron chi connectivity index (χ1n) is 9.55. The fourth-order valence-corrected chi connectivity index (χ4v) is 3.34. The third-order valence-electron chi connectivity index (χ3n) is 4.82. The Hall–Kier alpha value is -3.87. The molecule has 0 radical (unpaired) electrons. The van der Waals surface area contributed by atoms with E-state index in [0.29, 0.717) is 17.0 Å². The van der Waals surface area contributed by atoms with Gasteiger partial charge in [-0.2, -0.15) is 5.10 Å². The molecule has 0 fully saturated rings. The molecule has 7 nitrogen and oxygen atoms in total. The van der Waals surface area contributed by atoms with Crippen LogP contribution >= 0.6 is 0 Å². The van der Waals surface area contributed by atoms with Crippen molar-refractivity contribution in [1.29, 1.82) is 0 Å². The third-order valence-corrected chi connectivity index (χ3v) is 4.82. The third kappa shape index (κ3) is 3.96. The minimum absolute atomic E-state index is 0.0360. The number of carbonyl (C=O) groups excluding carboxylic acids is 2. The zero-order chi connectivity index (χ0) is 21.1. The fourth-order valence-electron chi connectivity index (χ4n) is 3.34. The van der Waals surface area contributed by atoms with E-state index in [2.05, 4.69) is 10.4 Å². The maximum atomic E-state index is 12.3. The number of nitrogens with one attached hydrogen (secondary N) is 1. The summed E-state index contributed by atoms with van der Waals surface area (Å²) >= 11 is 0. The number of furan rings is 1. The number of nitrogens with zero attached hydrogens (tertiary/aromatic N) is 2. The molecule has 7 heteroatoms. The Labute approximate surface area is 173 Å². The molecule has 0 spiro atoms. The van der Waals surface area contributed by atoms with Crippen LogP contribution in [0.1, 0.15) is 17.0 Å². The first kappa shape index (κ1) is 19.4. The highest BCUT2D eigenvalue weighted by atomic mass is 16.5. The number of aromatic nitrogens is 2. The maximum Gasteiger partial charge on any atom is 0.310 e. The summed E-state index contributed by atoms with van der Waals surface area (Å²) in [7, 11) is 0. The van der Waals surface area contributed by atoms with Gasteiger partial charge in [0, 0.05) is 10.9 Å². The Kier molecular flexibility index (Phi) is 5.34. The number of esters is 1. The maximum absolute atomic E-state index is 12.3. The Morgan fingerprint density at radius 3 is 2.60 bits per heavy atom. The van der Waals surface area contributed by atoms with E-state index in [-0.39, 0.29) is 13.0 Å². The van der Waals surface area contributed by atoms with Crippen molar-refractivity contribution in [2.24, 2.45) is 0 Å². The van der Waals surface area contributed by atoms with Crippen molar-refractivity contribution < 1.29 is 18.7 Å². The summed E-state index contributed by atoms with van der Waals surface area (Å²) in [6, 6.07) is 17.1. The van der Waals surface area contributed by atoms with Gasteiger partial charge in [-0.15, -0.1) is 0 Å². The predicted molar refractivity (Wildman–Crippen MR) is 113 cm³/mol. The number of rotatable bonds is 6. The monoisotopic (exact) mass is 403 g/mol. The minimum Gasteiger partial charge on any atom is -0.464 e. The van der Waals surface area contributed by atoms with Crippen LogP contribution in [-0.2, 0) is 20.7 Å². The lowest BCUT2D eigenvalue weighted by atomic mass is 10.1. The van der Waals surface area contributed by atoms with Crippen LogP contribution in [-0.4, -0.2) is 28.3 Å². The zero-order valence-corrected chi connectivity index (χ0v) is 16.7. The molecule has 4 aromatic rings. The topological polar surface area (TPSA) is 86.4 Å². The van der Waals surface area contributed by atoms with E-state index in [1.54, 1.807) is 4.68 Å². The fraction of sp³-hybridized carbons (Fsp3) is 0.174. The molecule has 0 unspecified atom stereocenters. The molecule has 2 heterocycles. The Morgan fingerprint density at radius 1 is 1.07 bits per heavy atom. The molecule has 0 atom stereocenters. The van der Waals surface area contributed by atoms with Gasteiger partial charge in [-0.05, 0) is 32.0 Å². The van der Waals surface area contributed by atoms with Gasteiger partial charge in [-0.1, -0.05) is 36.4 Å². The van der Waals surface area contributed by atoms with Crippen LogP contribution in [0.2, 0.25) is 0 Å². The van der Waals surface area contributed by atoms with Crippen LogP contribution in [0.15, 0.2) is 65.3 Å². The van der Waals surface area contributed by atoms with Gasteiger partial charge in [-0.25, -0.2) is 4.68 Å². The van der Waals surface area contributed by atoms with E-state index in [1.807, 2.05) is 68.4 Å². The number of ether oxygens (including phenoxy) is 1. The summed E-state index contributed by atoms with van der Waals surface area (Å²) in [5.41, 5.74) is 4.42. The standard InChI is InChI=1S/C23H21N3O4/c1-15-23(16(2)26(25-15)18-8-4-3-5-9-18)24-21(27)14-30-22(28)12-17-13-29-20-11-7-6-10-19(17)20/h3-11,13H,12,14H2,1-2H3,(H,24,27). The van der Waals surface area contributed by atoms with Crippen molar-refractivity contribution in [3.05, 3.63) is 77.8 Å². The van der Waals surface area contributed by atoms with Gasteiger partial charge in [-0.3, -0.25) is 9.59 Å². The van der Waals surface area contributed by atoms with E-state index in [4.69, 9.17) is 9.15 Å². The largest absolute Gasteiger partial charge is 0.464 e. The summed E-state index contributed by atoms with van der Waals surface area (Å²) in [5.74, 6) is -0.913. The summed E-state index contributed by atoms with van der Waals surface area (Å²) in [6.45, 7) is 3.32. The van der Waals surface area contributed by atoms with Crippen molar-refractivity contribution in [3.8, 4) is 5.69 Å². The second-order valence-corrected chi connectivity index (χ2v) is 6.94. The summed E-state index contributed by atoms with van der Waals surface area (Å²) in [4.78, 5) is 24.5. The molecule has 0 aliphatic heterocycles. The minimum atomic E-state index is -0.495. The van der Waals surface area contributed by atoms with Crippen molar-refractivity contribution in [2.45, 2.75) is 20.3 Å². The quantitative estimate of drug-likeness (QED) is 0.493. The van der Waals surface area contributed by atoms with Gasteiger partial charge in [0.15, 0.2) is 6.61 Å². The zero-order valence-electron chi connectivity index (χ0n) is 16.7. The lowest BCUT2D eigenvalue weighted by molar-refractivity contribution is -0.146. The Bertz CT molecular complexity index is 1210. The van der Waals surface area contributed by atoms with Gasteiger partial charge in [0.25, 0.3) is 5.91 Å². The van der Waals surface area contributed by atoms with E-state index in [1.165, 1.54) is 6.26 Å². The van der Waals surface area contributed by atoms with Crippen molar-refractivity contribution in [2.75, 3.05) is 11.9 Å². The van der Waals surface area contributed by atoms with Crippen LogP contribution in [0.3, 0.4) is 0 Å². The van der Waals surface area contributed by atoms with Crippen LogP contribution in [0.4, 0.5) is 5.69 Å². The van der Waals surface area contributed by atoms with Gasteiger partial charge < -0.3 is 14.5 Å². The van der Waals surface area contributed by atoms with Crippen LogP contribution in [0, 0.1) is 13.8 Å². The lowest BCUT2D eigenvalue weighted by Gasteiger charge is -2.08. The molecule has 1 amide bonds. The molecule has 0 aliphatic carbocycles. The number of hydrogen-bond donors (Lipinski definition) is 1. The molecule has 152 valence electrons. The van der Waals surface area contributed by atoms with E-state index >= 15 is 0 Å². The summed E-state index contributed by atoms with van der Waals surface area (Å²) in [6.07, 6.45) is 1.57. The number of anilines is 1. The Morgan fingerprint density at radius 2 is 1.80 bits per heavy atom. The lowest BCUT2D eigenvalue weighted by Crippen LogP contribution is -2.22. The van der Waals surface area contributed by atoms with E-state index < -0.39 is 11.9 Å². The molecule has 2 aromatic heterocycles. The average molecular weight is 403 g/mol. The summed E-state index contributed by atoms with van der Waals surface area (Å²) in [5, 5.41) is 8.15. The first-order valence-corrected chi connectivity index (χ1v) is 9.55. The van der Waals surface area contributed by atoms with Gasteiger partial charge in [0.1, 0.15) is 5.58 Å². The molecule has 2 aromatic carbocycles. The van der Waals surface area contributed by atoms with Crippen LogP contribution < -0.4 is 5.32 Å². The van der Waals surface area contributed by atoms with Gasteiger partial charge in [0.05, 0.1) is 35.4 Å². The average Bonchev–Trinajstić information content (AvgIpc) is 3.29. The number of para-hydroxylation sites is 2. The van der Waals surface area contributed by atoms with Gasteiger partial charge >= 0.3 is 5.97 Å². The van der Waals surface area contributed by atoms with Crippen molar-refractivity contribution in [3.63, 3.8) is 0 Å². The molecule has 1 N–H and O–H groups in total. The van der Waals surface area contributed by atoms with E-state index in [0.717, 1.165) is 22.3 Å². The van der Waals surface area contributed by atoms with E-state index in [9.17, 15) is 9.59 Å². The number of hydrogen-bond acceptors (Lipinski definition) is 5.